The molecule has 0 radical (unpaired) electrons. The maximum absolute atomic E-state index is 12.7. The molecule has 6 nitrogen and oxygen atoms in total. The third-order valence-corrected chi connectivity index (χ3v) is 7.15. The molecule has 1 saturated carbocycles. The monoisotopic (exact) mass is 409 g/mol. The van der Waals surface area contributed by atoms with Crippen molar-refractivity contribution in [3.8, 4) is 10.6 Å². The molecule has 1 amide bonds. The Bertz CT molecular complexity index is 968. The smallest absolute Gasteiger partial charge is 0.223 e. The van der Waals surface area contributed by atoms with Crippen LogP contribution in [-0.2, 0) is 4.79 Å². The van der Waals surface area contributed by atoms with E-state index in [-0.39, 0.29) is 11.8 Å². The fourth-order valence-electron chi connectivity index (χ4n) is 4.62. The third-order valence-electron chi connectivity index (χ3n) is 6.26. The first-order chi connectivity index (χ1) is 14.3. The number of thiophene rings is 1. The minimum Gasteiger partial charge on any atom is -0.355 e. The van der Waals surface area contributed by atoms with Gasteiger partial charge in [-0.05, 0) is 43.2 Å². The Hall–Kier alpha value is -2.41. The summed E-state index contributed by atoms with van der Waals surface area (Å²) >= 11 is 1.70. The molecule has 1 aliphatic heterocycles. The summed E-state index contributed by atoms with van der Waals surface area (Å²) in [5.41, 5.74) is 2.01. The van der Waals surface area contributed by atoms with Crippen LogP contribution in [0.5, 0.6) is 0 Å². The van der Waals surface area contributed by atoms with E-state index >= 15 is 0 Å². The summed E-state index contributed by atoms with van der Waals surface area (Å²) in [6, 6.07) is 6.66. The number of hydrogen-bond donors (Lipinski definition) is 1. The normalized spacial score (nSPS) is 19.0. The van der Waals surface area contributed by atoms with Gasteiger partial charge in [0.1, 0.15) is 11.2 Å². The summed E-state index contributed by atoms with van der Waals surface area (Å²) in [6.07, 6.45) is 11.6. The van der Waals surface area contributed by atoms with Gasteiger partial charge in [-0.25, -0.2) is 9.50 Å². The lowest BCUT2D eigenvalue weighted by Crippen LogP contribution is -2.44. The standard InChI is InChI=1S/C22H27N5OS/c28-22(24-17-5-2-1-3-6-17)16-8-11-26(12-9-16)21-19-15-18(20-7-4-14-29-20)25-27(19)13-10-23-21/h4,7,10,13-17H,1-3,5-6,8-9,11-12H2,(H,24,28). The highest BCUT2D eigenvalue weighted by atomic mass is 32.1. The van der Waals surface area contributed by atoms with Crippen molar-refractivity contribution in [2.24, 2.45) is 5.92 Å². The van der Waals surface area contributed by atoms with Crippen LogP contribution < -0.4 is 10.2 Å². The van der Waals surface area contributed by atoms with Gasteiger partial charge in [-0.3, -0.25) is 4.79 Å². The fraction of sp³-hybridized carbons (Fsp3) is 0.500. The van der Waals surface area contributed by atoms with Gasteiger partial charge < -0.3 is 10.2 Å². The zero-order valence-electron chi connectivity index (χ0n) is 16.6. The highest BCUT2D eigenvalue weighted by Gasteiger charge is 2.28. The zero-order valence-corrected chi connectivity index (χ0v) is 17.4. The molecule has 0 spiro atoms. The highest BCUT2D eigenvalue weighted by molar-refractivity contribution is 7.13. The number of amides is 1. The molecule has 5 rings (SSSR count). The number of carbonyl (C=O) groups excluding carboxylic acids is 1. The number of anilines is 1. The number of carbonyl (C=O) groups is 1. The SMILES string of the molecule is O=C(NC1CCCCC1)C1CCN(c2nccn3nc(-c4cccs4)cc23)CC1. The van der Waals surface area contributed by atoms with Gasteiger partial charge in [0, 0.05) is 37.4 Å². The predicted molar refractivity (Wildman–Crippen MR) is 116 cm³/mol. The van der Waals surface area contributed by atoms with Crippen LogP contribution in [0.15, 0.2) is 36.0 Å². The van der Waals surface area contributed by atoms with Crippen molar-refractivity contribution in [1.82, 2.24) is 19.9 Å². The van der Waals surface area contributed by atoms with E-state index in [1.54, 1.807) is 11.3 Å². The van der Waals surface area contributed by atoms with Gasteiger partial charge in [0.15, 0.2) is 5.82 Å². The third kappa shape index (κ3) is 3.88. The molecule has 1 aliphatic carbocycles. The number of rotatable bonds is 4. The number of nitrogens with zero attached hydrogens (tertiary/aromatic N) is 4. The van der Waals surface area contributed by atoms with Crippen LogP contribution in [0.25, 0.3) is 16.1 Å². The van der Waals surface area contributed by atoms with Crippen LogP contribution in [0.3, 0.4) is 0 Å². The average molecular weight is 410 g/mol. The zero-order chi connectivity index (χ0) is 19.6. The number of piperidine rings is 1. The molecule has 7 heteroatoms. The van der Waals surface area contributed by atoms with Crippen molar-refractivity contribution in [2.45, 2.75) is 51.0 Å². The second-order valence-electron chi connectivity index (χ2n) is 8.19. The predicted octanol–water partition coefficient (Wildman–Crippen LogP) is 4.12. The Balaban J connectivity index is 1.27. The molecule has 4 heterocycles. The summed E-state index contributed by atoms with van der Waals surface area (Å²) in [6.45, 7) is 1.71. The molecule has 1 N–H and O–H groups in total. The van der Waals surface area contributed by atoms with E-state index in [0.717, 1.165) is 60.7 Å². The second kappa shape index (κ2) is 8.14. The average Bonchev–Trinajstić information content (AvgIpc) is 3.44. The number of nitrogens with one attached hydrogen (secondary N) is 1. The quantitative estimate of drug-likeness (QED) is 0.704. The Morgan fingerprint density at radius 3 is 2.72 bits per heavy atom. The molecule has 3 aromatic heterocycles. The molecule has 0 aromatic carbocycles. The maximum Gasteiger partial charge on any atom is 0.223 e. The summed E-state index contributed by atoms with van der Waals surface area (Å²) in [7, 11) is 0. The molecule has 0 atom stereocenters. The minimum atomic E-state index is 0.125. The van der Waals surface area contributed by atoms with Gasteiger partial charge >= 0.3 is 0 Å². The van der Waals surface area contributed by atoms with Gasteiger partial charge in [-0.15, -0.1) is 11.3 Å². The molecule has 3 aromatic rings. The minimum absolute atomic E-state index is 0.125. The first-order valence-corrected chi connectivity index (χ1v) is 11.6. The summed E-state index contributed by atoms with van der Waals surface area (Å²) in [4.78, 5) is 20.8. The Morgan fingerprint density at radius 1 is 1.14 bits per heavy atom. The molecule has 0 unspecified atom stereocenters. The number of aromatic nitrogens is 3. The Morgan fingerprint density at radius 2 is 1.97 bits per heavy atom. The van der Waals surface area contributed by atoms with Gasteiger partial charge in [0.05, 0.1) is 4.88 Å². The van der Waals surface area contributed by atoms with E-state index in [4.69, 9.17) is 5.10 Å². The van der Waals surface area contributed by atoms with Gasteiger partial charge in [-0.2, -0.15) is 5.10 Å². The fourth-order valence-corrected chi connectivity index (χ4v) is 5.30. The van der Waals surface area contributed by atoms with E-state index in [0.29, 0.717) is 6.04 Å². The summed E-state index contributed by atoms with van der Waals surface area (Å²) < 4.78 is 1.92. The van der Waals surface area contributed by atoms with E-state index in [2.05, 4.69) is 32.7 Å². The van der Waals surface area contributed by atoms with E-state index in [1.165, 1.54) is 19.3 Å². The molecular weight excluding hydrogens is 382 g/mol. The van der Waals surface area contributed by atoms with E-state index < -0.39 is 0 Å². The topological polar surface area (TPSA) is 62.5 Å². The van der Waals surface area contributed by atoms with Crippen molar-refractivity contribution in [3.05, 3.63) is 36.0 Å². The number of hydrogen-bond acceptors (Lipinski definition) is 5. The lowest BCUT2D eigenvalue weighted by molar-refractivity contribution is -0.126. The molecular formula is C22H27N5OS. The number of fused-ring (bicyclic) bond motifs is 1. The van der Waals surface area contributed by atoms with E-state index in [9.17, 15) is 4.79 Å². The molecule has 2 aliphatic rings. The molecule has 0 bridgehead atoms. The first-order valence-electron chi connectivity index (χ1n) is 10.7. The van der Waals surface area contributed by atoms with Crippen molar-refractivity contribution in [2.75, 3.05) is 18.0 Å². The lowest BCUT2D eigenvalue weighted by atomic mass is 9.92. The Labute approximate surface area is 174 Å². The first kappa shape index (κ1) is 18.6. The van der Waals surface area contributed by atoms with Crippen LogP contribution >= 0.6 is 11.3 Å². The highest BCUT2D eigenvalue weighted by Crippen LogP contribution is 2.30. The van der Waals surface area contributed by atoms with Crippen LogP contribution in [0.1, 0.15) is 44.9 Å². The molecule has 29 heavy (non-hydrogen) atoms. The van der Waals surface area contributed by atoms with Crippen molar-refractivity contribution in [1.29, 1.82) is 0 Å². The van der Waals surface area contributed by atoms with Gasteiger partial charge in [0.25, 0.3) is 0 Å². The lowest BCUT2D eigenvalue weighted by Gasteiger charge is -2.33. The summed E-state index contributed by atoms with van der Waals surface area (Å²) in [5.74, 6) is 1.35. The van der Waals surface area contributed by atoms with Crippen LogP contribution in [0, 0.1) is 5.92 Å². The van der Waals surface area contributed by atoms with E-state index in [1.807, 2.05) is 23.0 Å². The van der Waals surface area contributed by atoms with Gasteiger partial charge in [0.2, 0.25) is 5.91 Å². The largest absolute Gasteiger partial charge is 0.355 e. The maximum atomic E-state index is 12.7. The van der Waals surface area contributed by atoms with Crippen molar-refractivity contribution in [3.63, 3.8) is 0 Å². The molecule has 1 saturated heterocycles. The van der Waals surface area contributed by atoms with Crippen molar-refractivity contribution < 1.29 is 4.79 Å². The molecule has 2 fully saturated rings. The van der Waals surface area contributed by atoms with Crippen LogP contribution in [0.2, 0.25) is 0 Å². The summed E-state index contributed by atoms with van der Waals surface area (Å²) in [5, 5.41) is 10.1. The Kier molecular flexibility index (Phi) is 5.23. The van der Waals surface area contributed by atoms with Crippen LogP contribution in [0.4, 0.5) is 5.82 Å². The van der Waals surface area contributed by atoms with Crippen LogP contribution in [-0.4, -0.2) is 39.6 Å². The molecule has 152 valence electrons. The second-order valence-corrected chi connectivity index (χ2v) is 9.14. The van der Waals surface area contributed by atoms with Gasteiger partial charge in [-0.1, -0.05) is 25.3 Å². The van der Waals surface area contributed by atoms with Crippen molar-refractivity contribution >= 4 is 28.6 Å².